The number of likely N-dealkylation sites (tertiary alicyclic amines) is 1. The first kappa shape index (κ1) is 20.7. The summed E-state index contributed by atoms with van der Waals surface area (Å²) < 4.78 is 7.54. The maximum absolute atomic E-state index is 13.0. The molecule has 33 heavy (non-hydrogen) atoms. The van der Waals surface area contributed by atoms with E-state index in [1.165, 1.54) is 4.90 Å². The Kier molecular flexibility index (Phi) is 5.48. The number of aromatic nitrogens is 3. The van der Waals surface area contributed by atoms with Gasteiger partial charge < -0.3 is 14.7 Å². The lowest BCUT2D eigenvalue weighted by molar-refractivity contribution is -0.000589. The molecule has 1 N–H and O–H groups in total. The summed E-state index contributed by atoms with van der Waals surface area (Å²) in [4.78, 5) is 25.9. The SMILES string of the molecule is O=C(O[C@H]1CN(C(=O)O)CC[C@@H]1c1cn(-c2ccccc2)nn1)c1ccc2ccccc2c1. The van der Waals surface area contributed by atoms with E-state index in [0.717, 1.165) is 16.5 Å². The van der Waals surface area contributed by atoms with Crippen LogP contribution in [0.4, 0.5) is 4.79 Å². The number of carbonyl (C=O) groups excluding carboxylic acids is 1. The first-order chi connectivity index (χ1) is 16.1. The van der Waals surface area contributed by atoms with E-state index in [9.17, 15) is 14.7 Å². The number of carbonyl (C=O) groups is 2. The van der Waals surface area contributed by atoms with Crippen LogP contribution in [0.5, 0.6) is 0 Å². The largest absolute Gasteiger partial charge is 0.465 e. The van der Waals surface area contributed by atoms with Crippen LogP contribution in [0.3, 0.4) is 0 Å². The minimum absolute atomic E-state index is 0.0809. The quantitative estimate of drug-likeness (QED) is 0.478. The molecule has 1 aliphatic rings. The predicted octanol–water partition coefficient (Wildman–Crippen LogP) is 4.11. The number of ether oxygens (including phenoxy) is 1. The van der Waals surface area contributed by atoms with Crippen molar-refractivity contribution in [2.45, 2.75) is 18.4 Å². The van der Waals surface area contributed by atoms with Crippen molar-refractivity contribution in [1.82, 2.24) is 19.9 Å². The number of carboxylic acid groups (broad SMARTS) is 1. The van der Waals surface area contributed by atoms with Crippen LogP contribution in [0.15, 0.2) is 79.0 Å². The molecule has 5 rings (SSSR count). The van der Waals surface area contributed by atoms with Crippen molar-refractivity contribution in [3.63, 3.8) is 0 Å². The Balaban J connectivity index is 1.40. The molecule has 0 radical (unpaired) electrons. The average molecular weight is 442 g/mol. The Hall–Kier alpha value is -4.20. The van der Waals surface area contributed by atoms with Crippen molar-refractivity contribution in [3.8, 4) is 5.69 Å². The van der Waals surface area contributed by atoms with Gasteiger partial charge in [0.2, 0.25) is 0 Å². The van der Waals surface area contributed by atoms with E-state index in [4.69, 9.17) is 4.74 Å². The van der Waals surface area contributed by atoms with Crippen LogP contribution in [0.1, 0.15) is 28.4 Å². The number of piperidine rings is 1. The Bertz CT molecular complexity index is 1300. The maximum atomic E-state index is 13.0. The van der Waals surface area contributed by atoms with Crippen molar-refractivity contribution in [2.75, 3.05) is 13.1 Å². The van der Waals surface area contributed by atoms with Gasteiger partial charge in [-0.1, -0.05) is 53.7 Å². The summed E-state index contributed by atoms with van der Waals surface area (Å²) in [5, 5.41) is 20.0. The Morgan fingerprint density at radius 2 is 1.73 bits per heavy atom. The van der Waals surface area contributed by atoms with E-state index in [2.05, 4.69) is 10.3 Å². The minimum Gasteiger partial charge on any atom is -0.465 e. The molecule has 3 aromatic carbocycles. The van der Waals surface area contributed by atoms with Crippen LogP contribution in [-0.2, 0) is 4.74 Å². The number of benzene rings is 3. The Morgan fingerprint density at radius 1 is 0.970 bits per heavy atom. The van der Waals surface area contributed by atoms with Gasteiger partial charge >= 0.3 is 12.1 Å². The number of para-hydroxylation sites is 1. The van der Waals surface area contributed by atoms with Gasteiger partial charge in [-0.15, -0.1) is 5.10 Å². The normalized spacial score (nSPS) is 18.2. The van der Waals surface area contributed by atoms with Crippen molar-refractivity contribution in [1.29, 1.82) is 0 Å². The van der Waals surface area contributed by atoms with Crippen molar-refractivity contribution >= 4 is 22.8 Å². The number of nitrogens with zero attached hydrogens (tertiary/aromatic N) is 4. The molecule has 0 bridgehead atoms. The Morgan fingerprint density at radius 3 is 2.52 bits per heavy atom. The zero-order valence-electron chi connectivity index (χ0n) is 17.7. The van der Waals surface area contributed by atoms with E-state index in [1.807, 2.05) is 66.9 Å². The van der Waals surface area contributed by atoms with Crippen molar-refractivity contribution in [3.05, 3.63) is 90.3 Å². The molecule has 2 atom stereocenters. The lowest BCUT2D eigenvalue weighted by atomic mass is 9.91. The van der Waals surface area contributed by atoms with Gasteiger partial charge in [0, 0.05) is 12.5 Å². The summed E-state index contributed by atoms with van der Waals surface area (Å²) in [6, 6.07) is 22.7. The zero-order valence-corrected chi connectivity index (χ0v) is 17.7. The number of esters is 1. The number of hydrogen-bond acceptors (Lipinski definition) is 5. The third kappa shape index (κ3) is 4.27. The first-order valence-electron chi connectivity index (χ1n) is 10.7. The second-order valence-corrected chi connectivity index (χ2v) is 8.05. The summed E-state index contributed by atoms with van der Waals surface area (Å²) in [5.41, 5.74) is 1.96. The fourth-order valence-corrected chi connectivity index (χ4v) is 4.22. The molecule has 1 saturated heterocycles. The molecule has 0 aliphatic carbocycles. The summed E-state index contributed by atoms with van der Waals surface area (Å²) >= 11 is 0. The molecule has 4 aromatic rings. The molecule has 1 fully saturated rings. The van der Waals surface area contributed by atoms with Crippen LogP contribution in [-0.4, -0.2) is 56.3 Å². The summed E-state index contributed by atoms with van der Waals surface area (Å²) in [7, 11) is 0. The van der Waals surface area contributed by atoms with Gasteiger partial charge in [-0.05, 0) is 41.5 Å². The molecule has 8 nitrogen and oxygen atoms in total. The fraction of sp³-hybridized carbons (Fsp3) is 0.200. The lowest BCUT2D eigenvalue weighted by Crippen LogP contribution is -2.47. The molecule has 0 spiro atoms. The van der Waals surface area contributed by atoms with E-state index in [-0.39, 0.29) is 12.5 Å². The molecular weight excluding hydrogens is 420 g/mol. The summed E-state index contributed by atoms with van der Waals surface area (Å²) in [6.45, 7) is 0.416. The van der Waals surface area contributed by atoms with Gasteiger partial charge in [0.15, 0.2) is 0 Å². The molecule has 1 aliphatic heterocycles. The van der Waals surface area contributed by atoms with Gasteiger partial charge in [-0.3, -0.25) is 0 Å². The second-order valence-electron chi connectivity index (χ2n) is 8.05. The fourth-order valence-electron chi connectivity index (χ4n) is 4.22. The first-order valence-corrected chi connectivity index (χ1v) is 10.7. The second kappa shape index (κ2) is 8.74. The lowest BCUT2D eigenvalue weighted by Gasteiger charge is -2.35. The van der Waals surface area contributed by atoms with E-state index in [0.29, 0.717) is 24.2 Å². The molecule has 0 saturated carbocycles. The molecular formula is C25H22N4O4. The highest BCUT2D eigenvalue weighted by molar-refractivity contribution is 5.95. The zero-order chi connectivity index (χ0) is 22.8. The summed E-state index contributed by atoms with van der Waals surface area (Å²) in [5.74, 6) is -0.749. The molecule has 0 unspecified atom stereocenters. The van der Waals surface area contributed by atoms with Crippen molar-refractivity contribution in [2.24, 2.45) is 0 Å². The van der Waals surface area contributed by atoms with Gasteiger partial charge in [0.1, 0.15) is 6.10 Å². The monoisotopic (exact) mass is 442 g/mol. The van der Waals surface area contributed by atoms with Crippen LogP contribution in [0.2, 0.25) is 0 Å². The van der Waals surface area contributed by atoms with Crippen LogP contribution in [0, 0.1) is 0 Å². The van der Waals surface area contributed by atoms with Gasteiger partial charge in [0.25, 0.3) is 0 Å². The number of amides is 1. The van der Waals surface area contributed by atoms with Crippen LogP contribution in [0.25, 0.3) is 16.5 Å². The van der Waals surface area contributed by atoms with E-state index in [1.54, 1.807) is 16.8 Å². The highest BCUT2D eigenvalue weighted by Gasteiger charge is 2.37. The summed E-state index contributed by atoms with van der Waals surface area (Å²) in [6.07, 6.45) is 0.589. The topological polar surface area (TPSA) is 97.6 Å². The number of fused-ring (bicyclic) bond motifs is 1. The molecule has 2 heterocycles. The van der Waals surface area contributed by atoms with E-state index >= 15 is 0 Å². The molecule has 1 amide bonds. The molecule has 1 aromatic heterocycles. The third-order valence-electron chi connectivity index (χ3n) is 5.98. The van der Waals surface area contributed by atoms with Crippen molar-refractivity contribution < 1.29 is 19.4 Å². The smallest absolute Gasteiger partial charge is 0.407 e. The van der Waals surface area contributed by atoms with Gasteiger partial charge in [-0.25, -0.2) is 14.3 Å². The third-order valence-corrected chi connectivity index (χ3v) is 5.98. The Labute approximate surface area is 190 Å². The highest BCUT2D eigenvalue weighted by atomic mass is 16.5. The molecule has 8 heteroatoms. The van der Waals surface area contributed by atoms with Crippen LogP contribution < -0.4 is 0 Å². The number of hydrogen-bond donors (Lipinski definition) is 1. The standard InChI is InChI=1S/C25H22N4O4/c30-24(19-11-10-17-6-4-5-7-18(17)14-19)33-23-16-28(25(31)32)13-12-21(23)22-15-29(27-26-22)20-8-2-1-3-9-20/h1-11,14-15,21,23H,12-13,16H2,(H,31,32)/t21-,23+/m1/s1. The van der Waals surface area contributed by atoms with E-state index < -0.39 is 18.2 Å². The highest BCUT2D eigenvalue weighted by Crippen LogP contribution is 2.30. The predicted molar refractivity (Wildman–Crippen MR) is 121 cm³/mol. The maximum Gasteiger partial charge on any atom is 0.407 e. The van der Waals surface area contributed by atoms with Gasteiger partial charge in [-0.2, -0.15) is 0 Å². The number of rotatable bonds is 4. The molecule has 166 valence electrons. The average Bonchev–Trinajstić information content (AvgIpc) is 3.34. The minimum atomic E-state index is -1.03. The van der Waals surface area contributed by atoms with Crippen LogP contribution >= 0.6 is 0 Å². The van der Waals surface area contributed by atoms with Gasteiger partial charge in [0.05, 0.1) is 29.7 Å².